The zero-order valence-electron chi connectivity index (χ0n) is 17.5. The van der Waals surface area contributed by atoms with Crippen LogP contribution in [0.1, 0.15) is 69.7 Å². The van der Waals surface area contributed by atoms with Gasteiger partial charge in [0.25, 0.3) is 6.43 Å². The predicted octanol–water partition coefficient (Wildman–Crippen LogP) is 4.80. The van der Waals surface area contributed by atoms with Crippen molar-refractivity contribution in [1.29, 1.82) is 0 Å². The van der Waals surface area contributed by atoms with Crippen LogP contribution in [0.25, 0.3) is 0 Å². The number of fused-ring (bicyclic) bond motifs is 7. The van der Waals surface area contributed by atoms with Crippen molar-refractivity contribution in [2.45, 2.75) is 76.5 Å². The summed E-state index contributed by atoms with van der Waals surface area (Å²) in [6, 6.07) is 4.63. The molecule has 6 bridgehead atoms. The van der Waals surface area contributed by atoms with E-state index >= 15 is 0 Å². The fraction of sp³-hybridized carbons (Fsp3) is 0.571. The number of aromatic amines is 1. The Morgan fingerprint density at radius 1 is 1.10 bits per heavy atom. The van der Waals surface area contributed by atoms with E-state index in [4.69, 9.17) is 9.47 Å². The maximum atomic E-state index is 13.4. The summed E-state index contributed by atoms with van der Waals surface area (Å²) in [6.07, 6.45) is 0.0573. The molecule has 1 amide bonds. The topological polar surface area (TPSA) is 101 Å². The molecule has 0 unspecified atom stereocenters. The fourth-order valence-corrected chi connectivity index (χ4v) is 4.07. The first-order valence-corrected chi connectivity index (χ1v) is 10.6. The predicted molar refractivity (Wildman–Crippen MR) is 110 cm³/mol. The van der Waals surface area contributed by atoms with Gasteiger partial charge in [0.15, 0.2) is 5.82 Å². The molecule has 3 N–H and O–H groups in total. The van der Waals surface area contributed by atoms with Gasteiger partial charge in [-0.2, -0.15) is 5.10 Å². The molecule has 2 aliphatic rings. The van der Waals surface area contributed by atoms with Crippen molar-refractivity contribution in [1.82, 2.24) is 20.5 Å². The molecule has 0 radical (unpaired) electrons. The zero-order chi connectivity index (χ0) is 22.0. The first-order chi connectivity index (χ1) is 14.9. The Morgan fingerprint density at radius 2 is 1.94 bits per heavy atom. The van der Waals surface area contributed by atoms with Gasteiger partial charge in [0, 0.05) is 35.5 Å². The van der Waals surface area contributed by atoms with Crippen LogP contribution < -0.4 is 15.4 Å². The number of aromatic nitrogens is 3. The van der Waals surface area contributed by atoms with Gasteiger partial charge >= 0.3 is 6.09 Å². The van der Waals surface area contributed by atoms with Crippen molar-refractivity contribution in [3.8, 4) is 5.88 Å². The SMILES string of the molecule is C[C@@H]1CC[C@H](C)NC(=O)O[C@@H]2CC[C@@H](C2)c2cc(n[nH]2)Nc2cc(nc(C(F)F)c2)O1. The standard InChI is InChI=1S/C21H27F2N5O3/c1-11-3-4-12(2)30-19-9-14(8-17(26-19)20(22)23)25-18-10-16(27-28-18)13-5-6-15(7-13)31-21(29)24-11/h8-13,15,20H,3-7H2,1-2H3,(H,24,29)(H2,25,27,28)/t11-,12+,13-,15+/m0/s1. The van der Waals surface area contributed by atoms with Gasteiger partial charge in [-0.05, 0) is 52.0 Å². The van der Waals surface area contributed by atoms with Crippen LogP contribution in [-0.2, 0) is 4.74 Å². The van der Waals surface area contributed by atoms with E-state index in [1.54, 1.807) is 6.07 Å². The number of carbonyl (C=O) groups excluding carboxylic acids is 1. The Morgan fingerprint density at radius 3 is 2.74 bits per heavy atom. The number of anilines is 2. The summed E-state index contributed by atoms with van der Waals surface area (Å²) in [5.74, 6) is 0.812. The van der Waals surface area contributed by atoms with Crippen LogP contribution in [0.15, 0.2) is 18.2 Å². The molecule has 10 heteroatoms. The molecule has 168 valence electrons. The quantitative estimate of drug-likeness (QED) is 0.595. The highest BCUT2D eigenvalue weighted by molar-refractivity contribution is 5.67. The molecule has 8 nitrogen and oxygen atoms in total. The first kappa shape index (κ1) is 21.3. The summed E-state index contributed by atoms with van der Waals surface area (Å²) < 4.78 is 38.1. The Balaban J connectivity index is 1.61. The normalized spacial score (nSPS) is 26.8. The minimum absolute atomic E-state index is 0.109. The number of hydrogen-bond donors (Lipinski definition) is 3. The number of alkyl halides is 2. The van der Waals surface area contributed by atoms with Gasteiger partial charge in [0.05, 0.1) is 6.10 Å². The lowest BCUT2D eigenvalue weighted by Crippen LogP contribution is -2.35. The van der Waals surface area contributed by atoms with E-state index in [-0.39, 0.29) is 35.7 Å². The molecule has 31 heavy (non-hydrogen) atoms. The molecule has 1 aliphatic carbocycles. The van der Waals surface area contributed by atoms with Crippen molar-refractivity contribution < 1.29 is 23.0 Å². The number of carbonyl (C=O) groups is 1. The lowest BCUT2D eigenvalue weighted by Gasteiger charge is -2.20. The van der Waals surface area contributed by atoms with E-state index < -0.39 is 12.5 Å². The summed E-state index contributed by atoms with van der Waals surface area (Å²) >= 11 is 0. The highest BCUT2D eigenvalue weighted by atomic mass is 19.3. The number of nitrogens with zero attached hydrogens (tertiary/aromatic N) is 2. The van der Waals surface area contributed by atoms with Gasteiger partial charge in [-0.15, -0.1) is 0 Å². The van der Waals surface area contributed by atoms with Crippen LogP contribution >= 0.6 is 0 Å². The molecule has 0 saturated heterocycles. The summed E-state index contributed by atoms with van der Waals surface area (Å²) in [5.41, 5.74) is 0.977. The third-order valence-electron chi connectivity index (χ3n) is 5.71. The molecule has 0 aromatic carbocycles. The van der Waals surface area contributed by atoms with Crippen LogP contribution in [0.3, 0.4) is 0 Å². The minimum atomic E-state index is -2.72. The number of hydrogen-bond acceptors (Lipinski definition) is 6. The van der Waals surface area contributed by atoms with Crippen LogP contribution in [0.5, 0.6) is 5.88 Å². The number of halogens is 2. The second-order valence-corrected chi connectivity index (χ2v) is 8.34. The number of H-pyrrole nitrogens is 1. The van der Waals surface area contributed by atoms with Gasteiger partial charge in [-0.25, -0.2) is 18.6 Å². The molecule has 1 fully saturated rings. The number of pyridine rings is 1. The smallest absolute Gasteiger partial charge is 0.407 e. The molecular formula is C21H27F2N5O3. The van der Waals surface area contributed by atoms with Gasteiger partial charge in [-0.3, -0.25) is 5.10 Å². The largest absolute Gasteiger partial charge is 0.475 e. The van der Waals surface area contributed by atoms with Crippen LogP contribution in [0.4, 0.5) is 25.1 Å². The van der Waals surface area contributed by atoms with Crippen molar-refractivity contribution in [2.24, 2.45) is 0 Å². The molecule has 4 rings (SSSR count). The maximum absolute atomic E-state index is 13.4. The van der Waals surface area contributed by atoms with Crippen LogP contribution in [0, 0.1) is 0 Å². The minimum Gasteiger partial charge on any atom is -0.475 e. The van der Waals surface area contributed by atoms with Crippen molar-refractivity contribution >= 4 is 17.6 Å². The molecule has 2 aromatic rings. The lowest BCUT2D eigenvalue weighted by molar-refractivity contribution is 0.0963. The van der Waals surface area contributed by atoms with Gasteiger partial charge < -0.3 is 20.1 Å². The van der Waals surface area contributed by atoms with E-state index in [1.807, 2.05) is 19.9 Å². The van der Waals surface area contributed by atoms with Gasteiger partial charge in [0.2, 0.25) is 5.88 Å². The van der Waals surface area contributed by atoms with E-state index in [0.717, 1.165) is 18.5 Å². The Labute approximate surface area is 179 Å². The number of alkyl carbamates (subject to hydrolysis) is 1. The summed E-state index contributed by atoms with van der Waals surface area (Å²) in [6.45, 7) is 3.74. The molecular weight excluding hydrogens is 408 g/mol. The average Bonchev–Trinajstić information content (AvgIpc) is 3.35. The number of nitrogens with one attached hydrogen (secondary N) is 3. The lowest BCUT2D eigenvalue weighted by atomic mass is 10.0. The average molecular weight is 435 g/mol. The van der Waals surface area contributed by atoms with Gasteiger partial charge in [-0.1, -0.05) is 0 Å². The molecule has 4 atom stereocenters. The first-order valence-electron chi connectivity index (χ1n) is 10.6. The molecule has 3 heterocycles. The highest BCUT2D eigenvalue weighted by Crippen LogP contribution is 2.36. The second-order valence-electron chi connectivity index (χ2n) is 8.34. The molecule has 1 saturated carbocycles. The van der Waals surface area contributed by atoms with Crippen molar-refractivity contribution in [2.75, 3.05) is 5.32 Å². The van der Waals surface area contributed by atoms with Crippen LogP contribution in [0.2, 0.25) is 0 Å². The third-order valence-corrected chi connectivity index (χ3v) is 5.71. The number of rotatable bonds is 1. The second kappa shape index (κ2) is 9.07. The Bertz CT molecular complexity index is 922. The Hall–Kier alpha value is -2.91. The zero-order valence-corrected chi connectivity index (χ0v) is 17.5. The fourth-order valence-electron chi connectivity index (χ4n) is 4.07. The molecule has 2 aromatic heterocycles. The number of ether oxygens (including phenoxy) is 2. The summed E-state index contributed by atoms with van der Waals surface area (Å²) in [7, 11) is 0. The summed E-state index contributed by atoms with van der Waals surface area (Å²) in [5, 5.41) is 13.2. The maximum Gasteiger partial charge on any atom is 0.407 e. The monoisotopic (exact) mass is 435 g/mol. The van der Waals surface area contributed by atoms with Crippen LogP contribution in [-0.4, -0.2) is 39.5 Å². The van der Waals surface area contributed by atoms with Crippen molar-refractivity contribution in [3.63, 3.8) is 0 Å². The summed E-state index contributed by atoms with van der Waals surface area (Å²) in [4.78, 5) is 16.2. The van der Waals surface area contributed by atoms with Gasteiger partial charge in [0.1, 0.15) is 11.8 Å². The van der Waals surface area contributed by atoms with E-state index in [2.05, 4.69) is 25.8 Å². The molecule has 0 spiro atoms. The third kappa shape index (κ3) is 5.42. The Kier molecular flexibility index (Phi) is 6.24. The molecule has 1 aliphatic heterocycles. The van der Waals surface area contributed by atoms with E-state index in [9.17, 15) is 13.6 Å². The van der Waals surface area contributed by atoms with E-state index in [0.29, 0.717) is 30.8 Å². The van der Waals surface area contributed by atoms with E-state index in [1.165, 1.54) is 6.07 Å². The van der Waals surface area contributed by atoms with Crippen molar-refractivity contribution in [3.05, 3.63) is 29.6 Å². The highest BCUT2D eigenvalue weighted by Gasteiger charge is 2.30. The number of amides is 1.